The molecule has 0 radical (unpaired) electrons. The summed E-state index contributed by atoms with van der Waals surface area (Å²) in [6.07, 6.45) is 5.71. The Bertz CT molecular complexity index is 1420. The second-order valence-electron chi connectivity index (χ2n) is 15.3. The third-order valence-electron chi connectivity index (χ3n) is 12.3. The lowest BCUT2D eigenvalue weighted by Crippen LogP contribution is -2.55. The van der Waals surface area contributed by atoms with Crippen molar-refractivity contribution in [1.29, 1.82) is 0 Å². The molecule has 5 N–H and O–H groups in total. The third-order valence-corrected chi connectivity index (χ3v) is 12.3. The van der Waals surface area contributed by atoms with E-state index < -0.39 is 35.4 Å². The van der Waals surface area contributed by atoms with Crippen LogP contribution >= 0.6 is 0 Å². The van der Waals surface area contributed by atoms with E-state index in [0.29, 0.717) is 24.8 Å². The van der Waals surface area contributed by atoms with E-state index in [4.69, 9.17) is 9.47 Å². The molecule has 0 bridgehead atoms. The van der Waals surface area contributed by atoms with Gasteiger partial charge in [-0.05, 0) is 99.2 Å². The molecule has 9 nitrogen and oxygen atoms in total. The van der Waals surface area contributed by atoms with Crippen LogP contribution in [0.3, 0.4) is 0 Å². The van der Waals surface area contributed by atoms with E-state index in [-0.39, 0.29) is 76.6 Å². The number of carbonyl (C=O) groups is 2. The normalized spacial score (nSPS) is 44.0. The van der Waals surface area contributed by atoms with Crippen LogP contribution in [0.15, 0.2) is 41.3 Å². The molecule has 2 aliphatic carbocycles. The number of ketones is 1. The first kappa shape index (κ1) is 33.0. The number of ether oxygens (including phenoxy) is 2. The van der Waals surface area contributed by atoms with Crippen LogP contribution in [-0.4, -0.2) is 50.1 Å². The van der Waals surface area contributed by atoms with Gasteiger partial charge in [0.05, 0.1) is 18.3 Å². The summed E-state index contributed by atoms with van der Waals surface area (Å²) >= 11 is 0. The van der Waals surface area contributed by atoms with E-state index in [1.807, 2.05) is 6.92 Å². The van der Waals surface area contributed by atoms with Crippen LogP contribution in [0.25, 0.3) is 0 Å². The molecule has 0 aromatic heterocycles. The number of carbonyl (C=O) groups excluding carboxylic acids is 2. The number of hydrogen-bond acceptors (Lipinski definition) is 8. The summed E-state index contributed by atoms with van der Waals surface area (Å²) in [6, 6.07) is 4.60. The van der Waals surface area contributed by atoms with Gasteiger partial charge in [-0.3, -0.25) is 9.59 Å². The maximum Gasteiger partial charge on any atom is 0.235 e. The summed E-state index contributed by atoms with van der Waals surface area (Å²) in [5.74, 6) is -2.89. The fourth-order valence-electron chi connectivity index (χ4n) is 9.46. The van der Waals surface area contributed by atoms with Gasteiger partial charge in [-0.15, -0.1) is 0 Å². The molecule has 1 aromatic carbocycles. The first-order valence-corrected chi connectivity index (χ1v) is 17.2. The Morgan fingerprint density at radius 3 is 2.33 bits per heavy atom. The summed E-state index contributed by atoms with van der Waals surface area (Å²) < 4.78 is 14.0. The van der Waals surface area contributed by atoms with Crippen molar-refractivity contribution in [3.8, 4) is 11.5 Å². The Hall–Kier alpha value is -2.88. The van der Waals surface area contributed by atoms with Gasteiger partial charge in [0, 0.05) is 24.3 Å². The molecule has 1 spiro atoms. The molecule has 1 unspecified atom stereocenters. The Morgan fingerprint density at radius 1 is 0.978 bits per heavy atom. The van der Waals surface area contributed by atoms with Gasteiger partial charge in [0.1, 0.15) is 28.9 Å². The number of amides is 1. The van der Waals surface area contributed by atoms with Crippen molar-refractivity contribution in [3.05, 3.63) is 46.9 Å². The number of aromatic hydroxyl groups is 2. The van der Waals surface area contributed by atoms with Crippen molar-refractivity contribution in [3.63, 3.8) is 0 Å². The van der Waals surface area contributed by atoms with Gasteiger partial charge in [0.2, 0.25) is 5.91 Å². The van der Waals surface area contributed by atoms with Crippen LogP contribution in [0.4, 0.5) is 0 Å². The second-order valence-corrected chi connectivity index (χ2v) is 15.3. The minimum absolute atomic E-state index is 0.00211. The van der Waals surface area contributed by atoms with Crippen molar-refractivity contribution < 1.29 is 39.5 Å². The Morgan fingerprint density at radius 2 is 1.67 bits per heavy atom. The molecule has 6 rings (SSSR count). The van der Waals surface area contributed by atoms with Crippen molar-refractivity contribution in [1.82, 2.24) is 5.32 Å². The first-order chi connectivity index (χ1) is 21.7. The molecule has 1 aromatic rings. The van der Waals surface area contributed by atoms with E-state index in [9.17, 15) is 30.0 Å². The number of nitrogens with one attached hydrogen (secondary N) is 1. The molecule has 13 atom stereocenters. The van der Waals surface area contributed by atoms with E-state index in [2.05, 4.69) is 39.1 Å². The van der Waals surface area contributed by atoms with E-state index in [1.165, 1.54) is 6.07 Å². The monoisotopic (exact) mass is 637 g/mol. The maximum atomic E-state index is 13.2. The van der Waals surface area contributed by atoms with Gasteiger partial charge in [-0.1, -0.05) is 39.3 Å². The molecule has 1 amide bonds. The van der Waals surface area contributed by atoms with E-state index >= 15 is 0 Å². The Kier molecular flexibility index (Phi) is 8.83. The summed E-state index contributed by atoms with van der Waals surface area (Å²) in [5, 5.41) is 46.1. The third kappa shape index (κ3) is 5.66. The number of phenolic OH excluding ortho intramolecular Hbond substituents is 2. The number of aliphatic hydroxyl groups is 2. The second kappa shape index (κ2) is 12.3. The zero-order valence-corrected chi connectivity index (χ0v) is 27.9. The lowest BCUT2D eigenvalue weighted by atomic mass is 9.56. The van der Waals surface area contributed by atoms with Gasteiger partial charge in [0.15, 0.2) is 11.6 Å². The summed E-state index contributed by atoms with van der Waals surface area (Å²) in [7, 11) is 0. The number of allylic oxidation sites excluding steroid dienone is 4. The molecular formula is C37H51NO8. The maximum absolute atomic E-state index is 13.2. The highest BCUT2D eigenvalue weighted by molar-refractivity contribution is 6.17. The van der Waals surface area contributed by atoms with Crippen LogP contribution in [0.5, 0.6) is 11.5 Å². The van der Waals surface area contributed by atoms with E-state index in [0.717, 1.165) is 24.8 Å². The largest absolute Gasteiger partial charge is 0.510 e. The van der Waals surface area contributed by atoms with E-state index in [1.54, 1.807) is 19.1 Å². The molecule has 46 heavy (non-hydrogen) atoms. The highest BCUT2D eigenvalue weighted by atomic mass is 16.7. The number of hydrogen-bond donors (Lipinski definition) is 5. The number of fused-ring (bicyclic) bond motifs is 1. The molecule has 3 aliphatic heterocycles. The van der Waals surface area contributed by atoms with Crippen molar-refractivity contribution in [2.75, 3.05) is 0 Å². The molecule has 252 valence electrons. The molecule has 3 saturated heterocycles. The number of aliphatic hydroxyl groups excluding tert-OH is 2. The van der Waals surface area contributed by atoms with Gasteiger partial charge < -0.3 is 35.2 Å². The highest BCUT2D eigenvalue weighted by Gasteiger charge is 2.54. The van der Waals surface area contributed by atoms with Crippen LogP contribution in [0.1, 0.15) is 91.7 Å². The minimum atomic E-state index is -0.862. The predicted molar refractivity (Wildman–Crippen MR) is 171 cm³/mol. The number of rotatable bonds is 4. The minimum Gasteiger partial charge on any atom is -0.510 e. The SMILES string of the molecule is CC1=C[C@@H]2CC[C@@H](O)[C@H](C)[C@@H]2[C@@H](/C(O)=C2\NC(=O)C(C)C2=O)[C@@H]1C[C@@H]1O[C@]2(CC[C@@H](C)[C@H](c3cc(O)cc(O)c3)O2)[C@H](C)C[C@H]1C. The Labute approximate surface area is 272 Å². The zero-order valence-electron chi connectivity index (χ0n) is 27.9. The number of phenols is 2. The zero-order chi connectivity index (χ0) is 33.2. The summed E-state index contributed by atoms with van der Waals surface area (Å²) in [4.78, 5) is 25.6. The van der Waals surface area contributed by atoms with Gasteiger partial charge in [-0.25, -0.2) is 0 Å². The van der Waals surface area contributed by atoms with Crippen LogP contribution in [-0.2, 0) is 19.1 Å². The van der Waals surface area contributed by atoms with Crippen molar-refractivity contribution in [2.24, 2.45) is 53.3 Å². The fraction of sp³-hybridized carbons (Fsp3) is 0.676. The molecular weight excluding hydrogens is 586 g/mol. The Balaban J connectivity index is 1.34. The topological polar surface area (TPSA) is 146 Å². The molecule has 3 heterocycles. The van der Waals surface area contributed by atoms with Crippen LogP contribution in [0, 0.1) is 53.3 Å². The quantitative estimate of drug-likeness (QED) is 0.116. The van der Waals surface area contributed by atoms with Crippen LogP contribution in [0.2, 0.25) is 0 Å². The molecule has 1 saturated carbocycles. The predicted octanol–water partition coefficient (Wildman–Crippen LogP) is 6.05. The summed E-state index contributed by atoms with van der Waals surface area (Å²) in [6.45, 7) is 12.2. The number of benzene rings is 1. The fourth-order valence-corrected chi connectivity index (χ4v) is 9.46. The van der Waals surface area contributed by atoms with Crippen molar-refractivity contribution in [2.45, 2.75) is 104 Å². The molecule has 9 heteroatoms. The average molecular weight is 638 g/mol. The van der Waals surface area contributed by atoms with Gasteiger partial charge in [-0.2, -0.15) is 0 Å². The van der Waals surface area contributed by atoms with Crippen molar-refractivity contribution >= 4 is 11.7 Å². The lowest BCUT2D eigenvalue weighted by Gasteiger charge is -2.54. The van der Waals surface area contributed by atoms with Crippen LogP contribution < -0.4 is 5.32 Å². The smallest absolute Gasteiger partial charge is 0.235 e. The number of Topliss-reactive ketones (excluding diaryl/α,β-unsaturated/α-hetero) is 1. The van der Waals surface area contributed by atoms with Gasteiger partial charge >= 0.3 is 0 Å². The summed E-state index contributed by atoms with van der Waals surface area (Å²) in [5.41, 5.74) is 1.84. The standard InChI is InChI=1S/C37H51NO8/c1-17-9-10-37(46-35(17)24-13-25(39)15-26(40)14-24)20(4)11-19(3)29(45-37)16-27-18(2)12-23-7-8-28(41)21(5)30(23)31(27)34(43)32-33(42)22(6)36(44)38-32/h12-15,17,19-23,27-31,35,39-41,43H,7-11,16H2,1-6H3,(H,38,44)/b34-32+/t17-,19-,20-,21+,22?,23+,27-,28-,29+,30+,31+,35-,37+/m1/s1. The lowest BCUT2D eigenvalue weighted by molar-refractivity contribution is -0.356. The van der Waals surface area contributed by atoms with Gasteiger partial charge in [0.25, 0.3) is 0 Å². The average Bonchev–Trinajstić information content (AvgIpc) is 3.25. The first-order valence-electron chi connectivity index (χ1n) is 17.2. The molecule has 4 fully saturated rings. The molecule has 5 aliphatic rings. The highest BCUT2D eigenvalue weighted by Crippen LogP contribution is 2.55.